The quantitative estimate of drug-likeness (QED) is 0.671. The molecule has 1 amide bonds. The Hall–Kier alpha value is -2.45. The molecule has 3 aromatic rings. The molecule has 2 aromatic heterocycles. The van der Waals surface area contributed by atoms with Gasteiger partial charge in [0.1, 0.15) is 11.1 Å². The zero-order valence-corrected chi connectivity index (χ0v) is 17.7. The van der Waals surface area contributed by atoms with E-state index in [1.165, 1.54) is 15.9 Å². The summed E-state index contributed by atoms with van der Waals surface area (Å²) in [5, 5.41) is 8.21. The third-order valence-electron chi connectivity index (χ3n) is 5.11. The highest BCUT2D eigenvalue weighted by molar-refractivity contribution is 7.20. The number of halogens is 1. The highest BCUT2D eigenvalue weighted by Crippen LogP contribution is 2.29. The molecule has 3 heterocycles. The summed E-state index contributed by atoms with van der Waals surface area (Å²) in [6.07, 6.45) is 3.28. The minimum absolute atomic E-state index is 0.0274. The second-order valence-electron chi connectivity index (χ2n) is 7.02. The van der Waals surface area contributed by atoms with Crippen LogP contribution in [0.4, 0.5) is 5.13 Å². The standard InChI is InChI=1S/C20H22ClN5O2S/c1-2-14-16(21)18(28)26-19(23-14)29-20(24-26)25-11-7-6-10-15(25)17(27)22-12-13-8-4-3-5-9-13/h3-5,8-9,15H,2,6-7,10-12H2,1H3,(H,22,27)/t15-/m1/s1. The van der Waals surface area contributed by atoms with E-state index in [-0.39, 0.29) is 22.5 Å². The van der Waals surface area contributed by atoms with Gasteiger partial charge >= 0.3 is 0 Å². The first kappa shape index (κ1) is 19.8. The Bertz CT molecular complexity index is 1080. The van der Waals surface area contributed by atoms with E-state index < -0.39 is 0 Å². The van der Waals surface area contributed by atoms with Crippen LogP contribution in [-0.2, 0) is 17.8 Å². The molecule has 0 unspecified atom stereocenters. The first-order chi connectivity index (χ1) is 14.1. The number of nitrogens with zero attached hydrogens (tertiary/aromatic N) is 4. The average Bonchev–Trinajstić information content (AvgIpc) is 3.19. The first-order valence-electron chi connectivity index (χ1n) is 9.75. The third-order valence-corrected chi connectivity index (χ3v) is 6.43. The Balaban J connectivity index is 1.59. The van der Waals surface area contributed by atoms with E-state index in [4.69, 9.17) is 11.6 Å². The molecule has 0 radical (unpaired) electrons. The van der Waals surface area contributed by atoms with E-state index in [9.17, 15) is 9.59 Å². The number of nitrogens with one attached hydrogen (secondary N) is 1. The number of rotatable bonds is 5. The smallest absolute Gasteiger partial charge is 0.294 e. The van der Waals surface area contributed by atoms with Crippen molar-refractivity contribution in [3.8, 4) is 0 Å². The molecule has 7 nitrogen and oxygen atoms in total. The average molecular weight is 432 g/mol. The minimum Gasteiger partial charge on any atom is -0.350 e. The largest absolute Gasteiger partial charge is 0.350 e. The number of benzene rings is 1. The molecule has 0 aliphatic carbocycles. The number of aromatic nitrogens is 3. The summed E-state index contributed by atoms with van der Waals surface area (Å²) in [7, 11) is 0. The third kappa shape index (κ3) is 4.00. The summed E-state index contributed by atoms with van der Waals surface area (Å²) in [4.78, 5) is 32.4. The van der Waals surface area contributed by atoms with Crippen LogP contribution in [0.25, 0.3) is 4.96 Å². The van der Waals surface area contributed by atoms with Crippen LogP contribution >= 0.6 is 22.9 Å². The van der Waals surface area contributed by atoms with Gasteiger partial charge in [-0.3, -0.25) is 9.59 Å². The second kappa shape index (κ2) is 8.51. The Morgan fingerprint density at radius 3 is 2.86 bits per heavy atom. The molecule has 1 atom stereocenters. The van der Waals surface area contributed by atoms with Crippen LogP contribution in [0, 0.1) is 0 Å². The van der Waals surface area contributed by atoms with E-state index in [2.05, 4.69) is 15.4 Å². The summed E-state index contributed by atoms with van der Waals surface area (Å²) in [6, 6.07) is 9.52. The van der Waals surface area contributed by atoms with Crippen molar-refractivity contribution in [2.45, 2.75) is 45.2 Å². The van der Waals surface area contributed by atoms with Gasteiger partial charge in [0.15, 0.2) is 0 Å². The van der Waals surface area contributed by atoms with Gasteiger partial charge in [-0.05, 0) is 31.2 Å². The highest BCUT2D eigenvalue weighted by atomic mass is 35.5. The molecule has 9 heteroatoms. The Morgan fingerprint density at radius 1 is 1.31 bits per heavy atom. The van der Waals surface area contributed by atoms with Crippen molar-refractivity contribution >= 4 is 38.9 Å². The lowest BCUT2D eigenvalue weighted by Crippen LogP contribution is -2.49. The van der Waals surface area contributed by atoms with Gasteiger partial charge < -0.3 is 10.2 Å². The SMILES string of the molecule is CCc1nc2sc(N3CCCC[C@@H]3C(=O)NCc3ccccc3)nn2c(=O)c1Cl. The number of carbonyl (C=O) groups excluding carboxylic acids is 1. The van der Waals surface area contributed by atoms with Crippen LogP contribution in [0.1, 0.15) is 37.4 Å². The van der Waals surface area contributed by atoms with Crippen LogP contribution in [0.2, 0.25) is 5.02 Å². The number of anilines is 1. The predicted octanol–water partition coefficient (Wildman–Crippen LogP) is 3.04. The molecule has 1 saturated heterocycles. The fourth-order valence-corrected chi connectivity index (χ4v) is 4.79. The number of hydrogen-bond acceptors (Lipinski definition) is 6. The van der Waals surface area contributed by atoms with Crippen LogP contribution in [-0.4, -0.2) is 33.1 Å². The van der Waals surface area contributed by atoms with Gasteiger partial charge in [0, 0.05) is 13.1 Å². The van der Waals surface area contributed by atoms with Crippen molar-refractivity contribution in [1.29, 1.82) is 0 Å². The normalized spacial score (nSPS) is 16.9. The number of hydrogen-bond donors (Lipinski definition) is 1. The molecule has 1 aromatic carbocycles. The maximum atomic E-state index is 12.9. The molecule has 4 rings (SSSR count). The lowest BCUT2D eigenvalue weighted by Gasteiger charge is -2.34. The number of amides is 1. The summed E-state index contributed by atoms with van der Waals surface area (Å²) in [5.74, 6) is -0.0274. The van der Waals surface area contributed by atoms with Gasteiger partial charge in [-0.25, -0.2) is 4.98 Å². The molecule has 152 valence electrons. The van der Waals surface area contributed by atoms with Gasteiger partial charge in [0.2, 0.25) is 16.0 Å². The monoisotopic (exact) mass is 431 g/mol. The van der Waals surface area contributed by atoms with Crippen molar-refractivity contribution < 1.29 is 4.79 Å². The van der Waals surface area contributed by atoms with Gasteiger partial charge in [-0.1, -0.05) is 60.2 Å². The zero-order valence-electron chi connectivity index (χ0n) is 16.1. The van der Waals surface area contributed by atoms with Gasteiger partial charge in [-0.15, -0.1) is 5.10 Å². The van der Waals surface area contributed by atoms with E-state index in [1.54, 1.807) is 0 Å². The number of aryl methyl sites for hydroxylation is 1. The van der Waals surface area contributed by atoms with Crippen LogP contribution in [0.5, 0.6) is 0 Å². The fraction of sp³-hybridized carbons (Fsp3) is 0.400. The summed E-state index contributed by atoms with van der Waals surface area (Å²) < 4.78 is 1.25. The molecule has 0 spiro atoms. The Morgan fingerprint density at radius 2 is 2.10 bits per heavy atom. The van der Waals surface area contributed by atoms with Crippen LogP contribution in [0.15, 0.2) is 35.1 Å². The summed E-state index contributed by atoms with van der Waals surface area (Å²) in [6.45, 7) is 3.11. The van der Waals surface area contributed by atoms with E-state index in [0.29, 0.717) is 35.3 Å². The molecule has 1 aliphatic heterocycles. The molecular formula is C20H22ClN5O2S. The number of fused-ring (bicyclic) bond motifs is 1. The van der Waals surface area contributed by atoms with Crippen molar-refractivity contribution in [2.24, 2.45) is 0 Å². The highest BCUT2D eigenvalue weighted by Gasteiger charge is 2.31. The lowest BCUT2D eigenvalue weighted by atomic mass is 10.0. The van der Waals surface area contributed by atoms with E-state index in [1.807, 2.05) is 42.2 Å². The Kier molecular flexibility index (Phi) is 5.82. The first-order valence-corrected chi connectivity index (χ1v) is 10.9. The van der Waals surface area contributed by atoms with Gasteiger partial charge in [0.05, 0.1) is 5.69 Å². The summed E-state index contributed by atoms with van der Waals surface area (Å²) in [5.41, 5.74) is 1.27. The molecule has 1 aliphatic rings. The van der Waals surface area contributed by atoms with E-state index in [0.717, 1.165) is 24.8 Å². The second-order valence-corrected chi connectivity index (χ2v) is 8.33. The zero-order chi connectivity index (χ0) is 20.4. The van der Waals surface area contributed by atoms with Gasteiger partial charge in [0.25, 0.3) is 5.56 Å². The molecule has 0 saturated carbocycles. The molecular weight excluding hydrogens is 410 g/mol. The molecule has 1 fully saturated rings. The fourth-order valence-electron chi connectivity index (χ4n) is 3.54. The topological polar surface area (TPSA) is 79.6 Å². The minimum atomic E-state index is -0.363. The molecule has 29 heavy (non-hydrogen) atoms. The van der Waals surface area contributed by atoms with Crippen molar-refractivity contribution in [1.82, 2.24) is 19.9 Å². The molecule has 0 bridgehead atoms. The molecule has 1 N–H and O–H groups in total. The van der Waals surface area contributed by atoms with Gasteiger partial charge in [-0.2, -0.15) is 4.52 Å². The summed E-state index contributed by atoms with van der Waals surface area (Å²) >= 11 is 7.46. The van der Waals surface area contributed by atoms with Crippen molar-refractivity contribution in [3.05, 3.63) is 57.0 Å². The maximum Gasteiger partial charge on any atom is 0.294 e. The van der Waals surface area contributed by atoms with Crippen molar-refractivity contribution in [2.75, 3.05) is 11.4 Å². The number of carbonyl (C=O) groups is 1. The predicted molar refractivity (Wildman–Crippen MR) is 115 cm³/mol. The van der Waals surface area contributed by atoms with Crippen molar-refractivity contribution in [3.63, 3.8) is 0 Å². The van der Waals surface area contributed by atoms with Crippen LogP contribution < -0.4 is 15.8 Å². The Labute approximate surface area is 177 Å². The van der Waals surface area contributed by atoms with E-state index >= 15 is 0 Å². The lowest BCUT2D eigenvalue weighted by molar-refractivity contribution is -0.123. The number of piperidine rings is 1. The van der Waals surface area contributed by atoms with Crippen LogP contribution in [0.3, 0.4) is 0 Å². The maximum absolute atomic E-state index is 12.9.